The van der Waals surface area contributed by atoms with E-state index in [1.807, 2.05) is 0 Å². The van der Waals surface area contributed by atoms with Gasteiger partial charge in [0.25, 0.3) is 0 Å². The molecule has 0 aromatic heterocycles. The molecule has 2 N–H and O–H groups in total. The zero-order chi connectivity index (χ0) is 16.4. The predicted octanol–water partition coefficient (Wildman–Crippen LogP) is 2.80. The largest absolute Gasteiger partial charge is 0.326 e. The lowest BCUT2D eigenvalue weighted by atomic mass is 10.2. The van der Waals surface area contributed by atoms with Crippen molar-refractivity contribution in [3.63, 3.8) is 0 Å². The second-order valence-corrected chi connectivity index (χ2v) is 7.07. The Morgan fingerprint density at radius 1 is 1.22 bits per heavy atom. The summed E-state index contributed by atoms with van der Waals surface area (Å²) in [6.45, 7) is 0. The van der Waals surface area contributed by atoms with E-state index in [0.717, 1.165) is 0 Å². The number of amides is 2. The fourth-order valence-corrected chi connectivity index (χ4v) is 3.93. The summed E-state index contributed by atoms with van der Waals surface area (Å²) >= 11 is 5.86. The summed E-state index contributed by atoms with van der Waals surface area (Å²) in [6, 6.07) is 13.6. The maximum absolute atomic E-state index is 12.5. The van der Waals surface area contributed by atoms with Gasteiger partial charge in [-0.15, -0.1) is 0 Å². The highest BCUT2D eigenvalue weighted by atomic mass is 35.5. The Morgan fingerprint density at radius 2 is 2.00 bits per heavy atom. The third-order valence-corrected chi connectivity index (χ3v) is 5.31. The maximum Gasteiger partial charge on any atom is 0.241 e. The van der Waals surface area contributed by atoms with Crippen molar-refractivity contribution < 1.29 is 13.8 Å². The number of anilines is 2. The van der Waals surface area contributed by atoms with Gasteiger partial charge in [0.15, 0.2) is 0 Å². The van der Waals surface area contributed by atoms with Crippen LogP contribution in [0, 0.1) is 0 Å². The molecule has 0 fully saturated rings. The first-order chi connectivity index (χ1) is 11.0. The van der Waals surface area contributed by atoms with Crippen LogP contribution in [0.1, 0.15) is 6.42 Å². The Kier molecular flexibility index (Phi) is 4.45. The molecule has 2 amide bonds. The predicted molar refractivity (Wildman–Crippen MR) is 90.0 cm³/mol. The molecule has 3 rings (SSSR count). The molecule has 1 aliphatic rings. The van der Waals surface area contributed by atoms with E-state index in [0.29, 0.717) is 21.3 Å². The first kappa shape index (κ1) is 15.7. The molecule has 5 nitrogen and oxygen atoms in total. The van der Waals surface area contributed by atoms with Gasteiger partial charge >= 0.3 is 0 Å². The van der Waals surface area contributed by atoms with Gasteiger partial charge in [-0.25, -0.2) is 0 Å². The van der Waals surface area contributed by atoms with Gasteiger partial charge in [0, 0.05) is 10.7 Å². The van der Waals surface area contributed by atoms with E-state index in [9.17, 15) is 13.8 Å². The molecule has 2 atom stereocenters. The molecule has 2 aromatic rings. The minimum atomic E-state index is -1.56. The van der Waals surface area contributed by atoms with Crippen molar-refractivity contribution in [3.05, 3.63) is 53.6 Å². The molecule has 0 bridgehead atoms. The van der Waals surface area contributed by atoms with Crippen LogP contribution in [0.5, 0.6) is 0 Å². The van der Waals surface area contributed by atoms with Crippen molar-refractivity contribution in [1.29, 1.82) is 0 Å². The molecular formula is C16H13ClN2O3S. The monoisotopic (exact) mass is 348 g/mol. The molecule has 7 heteroatoms. The number of carbonyl (C=O) groups excluding carboxylic acids is 2. The number of carbonyl (C=O) groups is 2. The van der Waals surface area contributed by atoms with Crippen molar-refractivity contribution in [1.82, 2.24) is 0 Å². The highest BCUT2D eigenvalue weighted by Gasteiger charge is 2.34. The number of halogens is 1. The fourth-order valence-electron chi connectivity index (χ4n) is 2.32. The van der Waals surface area contributed by atoms with E-state index in [1.54, 1.807) is 48.5 Å². The van der Waals surface area contributed by atoms with Crippen LogP contribution in [0.2, 0.25) is 5.02 Å². The van der Waals surface area contributed by atoms with Crippen molar-refractivity contribution in [2.24, 2.45) is 0 Å². The van der Waals surface area contributed by atoms with Crippen LogP contribution >= 0.6 is 11.6 Å². The lowest BCUT2D eigenvalue weighted by Gasteiger charge is -2.23. The Bertz CT molecular complexity index is 809. The second kappa shape index (κ2) is 6.52. The highest BCUT2D eigenvalue weighted by Crippen LogP contribution is 2.28. The van der Waals surface area contributed by atoms with E-state index in [2.05, 4.69) is 10.6 Å². The summed E-state index contributed by atoms with van der Waals surface area (Å²) in [7, 11) is -1.56. The van der Waals surface area contributed by atoms with Crippen LogP contribution in [0.3, 0.4) is 0 Å². The summed E-state index contributed by atoms with van der Waals surface area (Å²) < 4.78 is 12.5. The number of fused-ring (bicyclic) bond motifs is 1. The summed E-state index contributed by atoms with van der Waals surface area (Å²) in [5, 5.41) is 4.93. The molecule has 118 valence electrons. The lowest BCUT2D eigenvalue weighted by Crippen LogP contribution is -2.39. The Labute approximate surface area is 140 Å². The van der Waals surface area contributed by atoms with Crippen LogP contribution in [0.15, 0.2) is 53.4 Å². The van der Waals surface area contributed by atoms with Gasteiger partial charge in [0.05, 0.1) is 27.8 Å². The Balaban J connectivity index is 1.74. The van der Waals surface area contributed by atoms with Gasteiger partial charge in [-0.2, -0.15) is 0 Å². The molecule has 23 heavy (non-hydrogen) atoms. The summed E-state index contributed by atoms with van der Waals surface area (Å²) in [5.41, 5.74) is 1.06. The highest BCUT2D eigenvalue weighted by molar-refractivity contribution is 7.86. The molecule has 0 saturated heterocycles. The second-order valence-electron chi connectivity index (χ2n) is 5.03. The van der Waals surface area contributed by atoms with Crippen LogP contribution in [-0.4, -0.2) is 21.3 Å². The number of para-hydroxylation sites is 1. The Morgan fingerprint density at radius 3 is 2.78 bits per heavy atom. The molecule has 2 aromatic carbocycles. The van der Waals surface area contributed by atoms with Gasteiger partial charge in [-0.05, 0) is 30.3 Å². The quantitative estimate of drug-likeness (QED) is 0.895. The molecule has 0 unspecified atom stereocenters. The van der Waals surface area contributed by atoms with Crippen molar-refractivity contribution in [2.75, 3.05) is 10.6 Å². The summed E-state index contributed by atoms with van der Waals surface area (Å²) in [4.78, 5) is 24.8. The zero-order valence-corrected chi connectivity index (χ0v) is 13.5. The smallest absolute Gasteiger partial charge is 0.241 e. The molecule has 0 aliphatic carbocycles. The summed E-state index contributed by atoms with van der Waals surface area (Å²) in [5.74, 6) is -0.802. The SMILES string of the molecule is O=C(C[C@H]1C(=O)Nc2ccccc2[S@@]1=O)Nc1cccc(Cl)c1. The van der Waals surface area contributed by atoms with Crippen LogP contribution in [0.25, 0.3) is 0 Å². The standard InChI is InChI=1S/C16H13ClN2O3S/c17-10-4-3-5-11(8-10)18-15(20)9-14-16(21)19-12-6-1-2-7-13(12)23(14)22/h1-8,14H,9H2,(H,18,20)(H,19,21)/t14-,23-/m0/s1. The molecule has 0 saturated carbocycles. The van der Waals surface area contributed by atoms with Crippen molar-refractivity contribution in [2.45, 2.75) is 16.6 Å². The first-order valence-electron chi connectivity index (χ1n) is 6.90. The third-order valence-electron chi connectivity index (χ3n) is 3.39. The van der Waals surface area contributed by atoms with E-state index >= 15 is 0 Å². The number of nitrogens with one attached hydrogen (secondary N) is 2. The minimum absolute atomic E-state index is 0.167. The normalized spacial score (nSPS) is 19.6. The average Bonchev–Trinajstić information content (AvgIpc) is 2.51. The van der Waals surface area contributed by atoms with E-state index < -0.39 is 22.0 Å². The average molecular weight is 349 g/mol. The van der Waals surface area contributed by atoms with E-state index in [4.69, 9.17) is 11.6 Å². The molecule has 0 spiro atoms. The van der Waals surface area contributed by atoms with Gasteiger partial charge in [-0.1, -0.05) is 29.8 Å². The molecule has 1 heterocycles. The van der Waals surface area contributed by atoms with Crippen LogP contribution in [0.4, 0.5) is 11.4 Å². The number of hydrogen-bond acceptors (Lipinski definition) is 3. The minimum Gasteiger partial charge on any atom is -0.326 e. The topological polar surface area (TPSA) is 75.3 Å². The van der Waals surface area contributed by atoms with Gasteiger partial charge in [-0.3, -0.25) is 13.8 Å². The van der Waals surface area contributed by atoms with Gasteiger partial charge < -0.3 is 10.6 Å². The van der Waals surface area contributed by atoms with Crippen LogP contribution in [-0.2, 0) is 20.4 Å². The Hall–Kier alpha value is -2.18. The lowest BCUT2D eigenvalue weighted by molar-refractivity contribution is -0.120. The summed E-state index contributed by atoms with van der Waals surface area (Å²) in [6.07, 6.45) is -0.167. The molecule has 0 radical (unpaired) electrons. The number of rotatable bonds is 3. The zero-order valence-electron chi connectivity index (χ0n) is 11.9. The third kappa shape index (κ3) is 3.43. The van der Waals surface area contributed by atoms with E-state index in [-0.39, 0.29) is 12.3 Å². The number of benzene rings is 2. The molecule has 1 aliphatic heterocycles. The van der Waals surface area contributed by atoms with Crippen molar-refractivity contribution in [3.8, 4) is 0 Å². The number of hydrogen-bond donors (Lipinski definition) is 2. The van der Waals surface area contributed by atoms with Gasteiger partial charge in [0.2, 0.25) is 11.8 Å². The first-order valence-corrected chi connectivity index (χ1v) is 8.49. The van der Waals surface area contributed by atoms with Gasteiger partial charge in [0.1, 0.15) is 5.25 Å². The molecular weight excluding hydrogens is 336 g/mol. The van der Waals surface area contributed by atoms with Crippen LogP contribution < -0.4 is 10.6 Å². The maximum atomic E-state index is 12.5. The fraction of sp³-hybridized carbons (Fsp3) is 0.125. The van der Waals surface area contributed by atoms with Crippen molar-refractivity contribution >= 4 is 45.6 Å². The van der Waals surface area contributed by atoms with E-state index in [1.165, 1.54) is 0 Å².